The highest BCUT2D eigenvalue weighted by atomic mass is 32.2. The second-order valence-electron chi connectivity index (χ2n) is 8.35. The molecule has 4 aromatic rings. The van der Waals surface area contributed by atoms with Crippen LogP contribution >= 0.6 is 0 Å². The van der Waals surface area contributed by atoms with E-state index < -0.39 is 21.8 Å². The van der Waals surface area contributed by atoms with E-state index in [-0.39, 0.29) is 17.9 Å². The number of aliphatic carboxylic acids is 1. The van der Waals surface area contributed by atoms with Crippen molar-refractivity contribution in [3.05, 3.63) is 95.2 Å². The average Bonchev–Trinajstić information content (AvgIpc) is 3.08. The number of carboxylic acids is 1. The molecule has 0 atom stereocenters. The molecule has 0 aliphatic carbocycles. The van der Waals surface area contributed by atoms with Crippen LogP contribution in [0.1, 0.15) is 28.8 Å². The van der Waals surface area contributed by atoms with Crippen LogP contribution in [0.25, 0.3) is 10.9 Å². The van der Waals surface area contributed by atoms with Crippen molar-refractivity contribution in [3.8, 4) is 0 Å². The van der Waals surface area contributed by atoms with Crippen molar-refractivity contribution in [1.29, 1.82) is 0 Å². The van der Waals surface area contributed by atoms with Crippen molar-refractivity contribution in [2.75, 3.05) is 6.54 Å². The topological polar surface area (TPSA) is 101 Å². The Morgan fingerprint density at radius 1 is 1.11 bits per heavy atom. The summed E-state index contributed by atoms with van der Waals surface area (Å²) in [6, 6.07) is 14.5. The van der Waals surface area contributed by atoms with Crippen LogP contribution in [0.5, 0.6) is 0 Å². The number of aryl methyl sites for hydroxylation is 1. The van der Waals surface area contributed by atoms with Gasteiger partial charge in [0.2, 0.25) is 10.0 Å². The first-order valence-electron chi connectivity index (χ1n) is 11.2. The fourth-order valence-electron chi connectivity index (χ4n) is 4.21. The number of hydrogen-bond donors (Lipinski definition) is 2. The minimum absolute atomic E-state index is 0.0132. The molecule has 0 saturated heterocycles. The second-order valence-corrected chi connectivity index (χ2v) is 10.1. The Hall–Kier alpha value is -3.56. The van der Waals surface area contributed by atoms with Gasteiger partial charge in [0.1, 0.15) is 5.82 Å². The van der Waals surface area contributed by atoms with E-state index in [2.05, 4.69) is 9.71 Å². The Labute approximate surface area is 203 Å². The molecule has 0 unspecified atom stereocenters. The monoisotopic (exact) mass is 495 g/mol. The number of nitrogens with one attached hydrogen (secondary N) is 1. The van der Waals surface area contributed by atoms with Crippen LogP contribution in [0.4, 0.5) is 4.39 Å². The summed E-state index contributed by atoms with van der Waals surface area (Å²) in [5, 5.41) is 10.2. The summed E-state index contributed by atoms with van der Waals surface area (Å²) in [7, 11) is -3.74. The van der Waals surface area contributed by atoms with Crippen LogP contribution in [-0.2, 0) is 34.2 Å². The van der Waals surface area contributed by atoms with Crippen LogP contribution in [-0.4, -0.2) is 35.6 Å². The van der Waals surface area contributed by atoms with Crippen LogP contribution in [0.15, 0.2) is 71.9 Å². The van der Waals surface area contributed by atoms with Gasteiger partial charge in [0.15, 0.2) is 0 Å². The lowest BCUT2D eigenvalue weighted by Gasteiger charge is -2.08. The molecular formula is C26H26FN3O4S. The Bertz CT molecular complexity index is 1450. The quantitative estimate of drug-likeness (QED) is 0.345. The van der Waals surface area contributed by atoms with Gasteiger partial charge in [-0.15, -0.1) is 0 Å². The Balaban J connectivity index is 1.59. The number of benzene rings is 2. The fraction of sp³-hybridized carbons (Fsp3) is 0.231. The molecule has 2 aromatic heterocycles. The molecule has 0 bridgehead atoms. The molecule has 2 N–H and O–H groups in total. The van der Waals surface area contributed by atoms with E-state index in [9.17, 15) is 22.7 Å². The normalized spacial score (nSPS) is 11.7. The maximum atomic E-state index is 13.1. The summed E-state index contributed by atoms with van der Waals surface area (Å²) in [6.45, 7) is 2.54. The number of nitrogens with zero attached hydrogens (tertiary/aromatic N) is 2. The molecular weight excluding hydrogens is 469 g/mol. The first-order valence-corrected chi connectivity index (χ1v) is 12.7. The lowest BCUT2D eigenvalue weighted by Crippen LogP contribution is -2.26. The lowest BCUT2D eigenvalue weighted by molar-refractivity contribution is -0.137. The average molecular weight is 496 g/mol. The largest absolute Gasteiger partial charge is 0.481 e. The van der Waals surface area contributed by atoms with Gasteiger partial charge in [-0.25, -0.2) is 17.5 Å². The minimum atomic E-state index is -3.74. The third-order valence-electron chi connectivity index (χ3n) is 6.00. The van der Waals surface area contributed by atoms with Crippen LogP contribution < -0.4 is 4.72 Å². The van der Waals surface area contributed by atoms with E-state index in [4.69, 9.17) is 0 Å². The number of carboxylic acid groups (broad SMARTS) is 1. The Kier molecular flexibility index (Phi) is 7.28. The molecule has 0 radical (unpaired) electrons. The van der Waals surface area contributed by atoms with Crippen LogP contribution in [0.2, 0.25) is 0 Å². The third kappa shape index (κ3) is 5.75. The van der Waals surface area contributed by atoms with E-state index in [0.29, 0.717) is 19.4 Å². The molecule has 0 fully saturated rings. The molecule has 0 amide bonds. The first-order chi connectivity index (χ1) is 16.7. The molecule has 0 saturated carbocycles. The standard InChI is InChI=1S/C26H26FN3O4S/c1-18-23(16-20-3-2-12-28-17-20)24-15-19(4-9-25(24)30(18)14-11-26(31)32)10-13-29-35(33,34)22-7-5-21(27)6-8-22/h2-9,12,15,17,29H,10-11,13-14,16H2,1H3,(H,31,32). The Morgan fingerprint density at radius 3 is 2.57 bits per heavy atom. The minimum Gasteiger partial charge on any atom is -0.481 e. The zero-order chi connectivity index (χ0) is 25.0. The predicted molar refractivity (Wildman–Crippen MR) is 131 cm³/mol. The number of halogens is 1. The number of rotatable bonds is 10. The SMILES string of the molecule is Cc1c(Cc2cccnc2)c2cc(CCNS(=O)(=O)c3ccc(F)cc3)ccc2n1CCC(=O)O. The van der Waals surface area contributed by atoms with Crippen molar-refractivity contribution in [3.63, 3.8) is 0 Å². The maximum Gasteiger partial charge on any atom is 0.305 e. The van der Waals surface area contributed by atoms with E-state index in [1.807, 2.05) is 48.0 Å². The zero-order valence-electron chi connectivity index (χ0n) is 19.2. The molecule has 9 heteroatoms. The van der Waals surface area contributed by atoms with Crippen LogP contribution in [0.3, 0.4) is 0 Å². The Morgan fingerprint density at radius 2 is 1.89 bits per heavy atom. The van der Waals surface area contributed by atoms with Crippen molar-refractivity contribution in [2.24, 2.45) is 0 Å². The van der Waals surface area contributed by atoms with Gasteiger partial charge in [0.25, 0.3) is 0 Å². The number of sulfonamides is 1. The van der Waals surface area contributed by atoms with E-state index in [1.165, 1.54) is 12.1 Å². The third-order valence-corrected chi connectivity index (χ3v) is 7.48. The van der Waals surface area contributed by atoms with Gasteiger partial charge < -0.3 is 9.67 Å². The molecule has 0 aliphatic rings. The van der Waals surface area contributed by atoms with Gasteiger partial charge in [0.05, 0.1) is 11.3 Å². The number of fused-ring (bicyclic) bond motifs is 1. The van der Waals surface area contributed by atoms with Crippen molar-refractivity contribution in [2.45, 2.75) is 37.6 Å². The number of carbonyl (C=O) groups is 1. The van der Waals surface area contributed by atoms with Crippen molar-refractivity contribution in [1.82, 2.24) is 14.3 Å². The first kappa shape index (κ1) is 24.6. The van der Waals surface area contributed by atoms with Gasteiger partial charge in [-0.3, -0.25) is 9.78 Å². The van der Waals surface area contributed by atoms with Gasteiger partial charge in [-0.1, -0.05) is 12.1 Å². The maximum absolute atomic E-state index is 13.1. The number of hydrogen-bond acceptors (Lipinski definition) is 4. The van der Waals surface area contributed by atoms with Gasteiger partial charge in [-0.2, -0.15) is 0 Å². The summed E-state index contributed by atoms with van der Waals surface area (Å²) in [5.41, 5.74) is 5.03. The summed E-state index contributed by atoms with van der Waals surface area (Å²) in [6.07, 6.45) is 4.66. The van der Waals surface area contributed by atoms with E-state index in [1.54, 1.807) is 6.20 Å². The summed E-state index contributed by atoms with van der Waals surface area (Å²) >= 11 is 0. The van der Waals surface area contributed by atoms with Gasteiger partial charge in [-0.05, 0) is 72.5 Å². The lowest BCUT2D eigenvalue weighted by atomic mass is 10.0. The number of pyridine rings is 1. The zero-order valence-corrected chi connectivity index (χ0v) is 20.1. The molecule has 4 rings (SSSR count). The van der Waals surface area contributed by atoms with E-state index in [0.717, 1.165) is 45.4 Å². The van der Waals surface area contributed by atoms with Crippen molar-refractivity contribution >= 4 is 26.9 Å². The molecule has 2 aromatic carbocycles. The van der Waals surface area contributed by atoms with Gasteiger partial charge in [0, 0.05) is 48.5 Å². The second kappa shape index (κ2) is 10.4. The molecule has 7 nitrogen and oxygen atoms in total. The molecule has 35 heavy (non-hydrogen) atoms. The summed E-state index contributed by atoms with van der Waals surface area (Å²) in [4.78, 5) is 15.4. The summed E-state index contributed by atoms with van der Waals surface area (Å²) in [5.74, 6) is -1.35. The molecule has 2 heterocycles. The molecule has 182 valence electrons. The van der Waals surface area contributed by atoms with E-state index >= 15 is 0 Å². The van der Waals surface area contributed by atoms with Gasteiger partial charge >= 0.3 is 5.97 Å². The highest BCUT2D eigenvalue weighted by Gasteiger charge is 2.17. The summed E-state index contributed by atoms with van der Waals surface area (Å²) < 4.78 is 42.7. The van der Waals surface area contributed by atoms with Crippen molar-refractivity contribution < 1.29 is 22.7 Å². The highest BCUT2D eigenvalue weighted by molar-refractivity contribution is 7.89. The number of aromatic nitrogens is 2. The molecule has 0 spiro atoms. The highest BCUT2D eigenvalue weighted by Crippen LogP contribution is 2.29. The van der Waals surface area contributed by atoms with Crippen LogP contribution in [0, 0.1) is 12.7 Å². The predicted octanol–water partition coefficient (Wildman–Crippen LogP) is 4.07. The fourth-order valence-corrected chi connectivity index (χ4v) is 5.24. The smallest absolute Gasteiger partial charge is 0.305 e. The molecule has 0 aliphatic heterocycles.